The highest BCUT2D eigenvalue weighted by molar-refractivity contribution is 5.76. The van der Waals surface area contributed by atoms with Crippen LogP contribution in [0.3, 0.4) is 0 Å². The minimum absolute atomic E-state index is 0.0398. The van der Waals surface area contributed by atoms with Crippen molar-refractivity contribution in [1.82, 2.24) is 24.6 Å². The number of carbonyl (C=O) groups excluding carboxylic acids is 1. The molecule has 1 aliphatic rings. The summed E-state index contributed by atoms with van der Waals surface area (Å²) >= 11 is 0. The quantitative estimate of drug-likeness (QED) is 0.687. The third kappa shape index (κ3) is 4.22. The molecule has 8 heteroatoms. The van der Waals surface area contributed by atoms with Crippen LogP contribution in [0.2, 0.25) is 0 Å². The van der Waals surface area contributed by atoms with Gasteiger partial charge in [0.25, 0.3) is 0 Å². The average Bonchev–Trinajstić information content (AvgIpc) is 3.16. The van der Waals surface area contributed by atoms with Crippen molar-refractivity contribution in [3.8, 4) is 11.5 Å². The molecule has 3 heterocycles. The van der Waals surface area contributed by atoms with Crippen LogP contribution in [-0.2, 0) is 11.3 Å². The molecule has 0 atom stereocenters. The van der Waals surface area contributed by atoms with E-state index in [4.69, 9.17) is 4.74 Å². The predicted octanol–water partition coefficient (Wildman–Crippen LogP) is 1.81. The number of ether oxygens (including phenoxy) is 1. The number of hydrogen-bond acceptors (Lipinski definition) is 6. The molecule has 1 aromatic carbocycles. The maximum Gasteiger partial charge on any atom is 0.244 e. The largest absolute Gasteiger partial charge is 0.454 e. The van der Waals surface area contributed by atoms with Crippen LogP contribution in [0.5, 0.6) is 11.5 Å². The topological polar surface area (TPSA) is 76.4 Å². The summed E-state index contributed by atoms with van der Waals surface area (Å²) in [6.45, 7) is 2.92. The summed E-state index contributed by atoms with van der Waals surface area (Å²) in [6.07, 6.45) is 6.81. The Hall–Kier alpha value is -3.42. The SMILES string of the molecule is O=C(Cn1cc(Oc2ccccc2)cn1)N1CCN(c2ncccn2)CC1. The molecule has 8 nitrogen and oxygen atoms in total. The fourth-order valence-corrected chi connectivity index (χ4v) is 2.96. The molecule has 2 aromatic heterocycles. The number of rotatable bonds is 5. The van der Waals surface area contributed by atoms with Gasteiger partial charge in [-0.2, -0.15) is 5.10 Å². The summed E-state index contributed by atoms with van der Waals surface area (Å²) in [5.74, 6) is 2.10. The molecule has 0 aliphatic carbocycles. The van der Waals surface area contributed by atoms with Crippen molar-refractivity contribution in [3.05, 3.63) is 61.2 Å². The minimum Gasteiger partial charge on any atom is -0.454 e. The van der Waals surface area contributed by atoms with E-state index in [1.807, 2.05) is 35.2 Å². The van der Waals surface area contributed by atoms with E-state index in [0.717, 1.165) is 18.8 Å². The van der Waals surface area contributed by atoms with Crippen LogP contribution in [-0.4, -0.2) is 56.7 Å². The van der Waals surface area contributed by atoms with Gasteiger partial charge in [-0.15, -0.1) is 0 Å². The Kier molecular flexibility index (Phi) is 4.95. The molecule has 3 aromatic rings. The van der Waals surface area contributed by atoms with E-state index in [0.29, 0.717) is 24.8 Å². The van der Waals surface area contributed by atoms with Gasteiger partial charge in [0.2, 0.25) is 11.9 Å². The molecule has 1 saturated heterocycles. The number of carbonyl (C=O) groups is 1. The number of hydrogen-bond donors (Lipinski definition) is 0. The Bertz CT molecular complexity index is 875. The van der Waals surface area contributed by atoms with Crippen LogP contribution in [0, 0.1) is 0 Å². The van der Waals surface area contributed by atoms with Gasteiger partial charge >= 0.3 is 0 Å². The molecule has 1 fully saturated rings. The van der Waals surface area contributed by atoms with Crippen molar-refractivity contribution < 1.29 is 9.53 Å². The molecule has 0 bridgehead atoms. The van der Waals surface area contributed by atoms with Gasteiger partial charge in [0.1, 0.15) is 12.3 Å². The monoisotopic (exact) mass is 364 g/mol. The van der Waals surface area contributed by atoms with Gasteiger partial charge in [0, 0.05) is 38.6 Å². The van der Waals surface area contributed by atoms with E-state index in [-0.39, 0.29) is 12.5 Å². The second kappa shape index (κ2) is 7.86. The predicted molar refractivity (Wildman–Crippen MR) is 99.6 cm³/mol. The molecule has 1 amide bonds. The summed E-state index contributed by atoms with van der Waals surface area (Å²) in [6, 6.07) is 11.3. The first-order valence-electron chi connectivity index (χ1n) is 8.83. The number of piperazine rings is 1. The van der Waals surface area contributed by atoms with Crippen LogP contribution in [0.4, 0.5) is 5.95 Å². The van der Waals surface area contributed by atoms with Crippen LogP contribution in [0.25, 0.3) is 0 Å². The lowest BCUT2D eigenvalue weighted by Gasteiger charge is -2.34. The standard InChI is InChI=1S/C19H20N6O2/c26-18(23-9-11-24(12-10-23)19-20-7-4-8-21-19)15-25-14-17(13-22-25)27-16-5-2-1-3-6-16/h1-8,13-14H,9-12,15H2. The van der Waals surface area contributed by atoms with Crippen molar-refractivity contribution in [2.75, 3.05) is 31.1 Å². The second-order valence-corrected chi connectivity index (χ2v) is 6.21. The van der Waals surface area contributed by atoms with Gasteiger partial charge in [-0.05, 0) is 18.2 Å². The summed E-state index contributed by atoms with van der Waals surface area (Å²) in [5, 5.41) is 4.22. The first-order valence-corrected chi connectivity index (χ1v) is 8.83. The lowest BCUT2D eigenvalue weighted by molar-refractivity contribution is -0.132. The van der Waals surface area contributed by atoms with E-state index in [9.17, 15) is 4.79 Å². The van der Waals surface area contributed by atoms with Crippen molar-refractivity contribution in [3.63, 3.8) is 0 Å². The number of nitrogens with zero attached hydrogens (tertiary/aromatic N) is 6. The molecular formula is C19H20N6O2. The summed E-state index contributed by atoms with van der Waals surface area (Å²) in [4.78, 5) is 25.0. The fourth-order valence-electron chi connectivity index (χ4n) is 2.96. The van der Waals surface area contributed by atoms with Gasteiger partial charge < -0.3 is 14.5 Å². The normalized spacial score (nSPS) is 14.2. The van der Waals surface area contributed by atoms with E-state index in [1.54, 1.807) is 35.5 Å². The Morgan fingerprint density at radius 1 is 0.963 bits per heavy atom. The first-order chi connectivity index (χ1) is 13.3. The molecule has 27 heavy (non-hydrogen) atoms. The second-order valence-electron chi connectivity index (χ2n) is 6.21. The first kappa shape index (κ1) is 17.0. The smallest absolute Gasteiger partial charge is 0.244 e. The molecule has 0 N–H and O–H groups in total. The van der Waals surface area contributed by atoms with Gasteiger partial charge in [0.05, 0.1) is 12.4 Å². The van der Waals surface area contributed by atoms with Crippen molar-refractivity contribution in [1.29, 1.82) is 0 Å². The van der Waals surface area contributed by atoms with Gasteiger partial charge in [-0.3, -0.25) is 9.48 Å². The molecule has 0 unspecified atom stereocenters. The molecular weight excluding hydrogens is 344 g/mol. The third-order valence-corrected chi connectivity index (χ3v) is 4.35. The van der Waals surface area contributed by atoms with Crippen molar-refractivity contribution in [2.24, 2.45) is 0 Å². The molecule has 0 saturated carbocycles. The Morgan fingerprint density at radius 2 is 1.70 bits per heavy atom. The molecule has 0 spiro atoms. The summed E-state index contributed by atoms with van der Waals surface area (Å²) < 4.78 is 7.32. The number of para-hydroxylation sites is 1. The number of anilines is 1. The molecule has 138 valence electrons. The summed E-state index contributed by atoms with van der Waals surface area (Å²) in [7, 11) is 0. The highest BCUT2D eigenvalue weighted by atomic mass is 16.5. The van der Waals surface area contributed by atoms with Crippen molar-refractivity contribution in [2.45, 2.75) is 6.54 Å². The number of aromatic nitrogens is 4. The summed E-state index contributed by atoms with van der Waals surface area (Å²) in [5.41, 5.74) is 0. The zero-order valence-corrected chi connectivity index (χ0v) is 14.8. The van der Waals surface area contributed by atoms with E-state index in [1.165, 1.54) is 0 Å². The molecule has 0 radical (unpaired) electrons. The highest BCUT2D eigenvalue weighted by Crippen LogP contribution is 2.20. The minimum atomic E-state index is 0.0398. The van der Waals surface area contributed by atoms with Crippen LogP contribution in [0.1, 0.15) is 0 Å². The highest BCUT2D eigenvalue weighted by Gasteiger charge is 2.22. The fraction of sp³-hybridized carbons (Fsp3) is 0.263. The van der Waals surface area contributed by atoms with E-state index in [2.05, 4.69) is 20.0 Å². The van der Waals surface area contributed by atoms with Gasteiger partial charge in [-0.1, -0.05) is 18.2 Å². The maximum absolute atomic E-state index is 12.6. The number of benzene rings is 1. The lowest BCUT2D eigenvalue weighted by Crippen LogP contribution is -2.50. The van der Waals surface area contributed by atoms with E-state index >= 15 is 0 Å². The van der Waals surface area contributed by atoms with Gasteiger partial charge in [0.15, 0.2) is 5.75 Å². The van der Waals surface area contributed by atoms with Gasteiger partial charge in [-0.25, -0.2) is 9.97 Å². The maximum atomic E-state index is 12.6. The van der Waals surface area contributed by atoms with Crippen LogP contribution < -0.4 is 9.64 Å². The molecule has 1 aliphatic heterocycles. The zero-order chi connectivity index (χ0) is 18.5. The third-order valence-electron chi connectivity index (χ3n) is 4.35. The zero-order valence-electron chi connectivity index (χ0n) is 14.8. The van der Waals surface area contributed by atoms with Crippen LogP contribution >= 0.6 is 0 Å². The Balaban J connectivity index is 1.30. The van der Waals surface area contributed by atoms with E-state index < -0.39 is 0 Å². The molecule has 4 rings (SSSR count). The lowest BCUT2D eigenvalue weighted by atomic mass is 10.3. The number of amides is 1. The Morgan fingerprint density at radius 3 is 2.44 bits per heavy atom. The van der Waals surface area contributed by atoms with Crippen LogP contribution in [0.15, 0.2) is 61.2 Å². The average molecular weight is 364 g/mol. The van der Waals surface area contributed by atoms with Crippen molar-refractivity contribution >= 4 is 11.9 Å². The Labute approximate surface area is 157 Å².